The zero-order valence-corrected chi connectivity index (χ0v) is 35.0. The predicted molar refractivity (Wildman–Crippen MR) is 225 cm³/mol. The number of halogens is 1. The van der Waals surface area contributed by atoms with E-state index >= 15 is 0 Å². The minimum Gasteiger partial charge on any atom is -0.444 e. The van der Waals surface area contributed by atoms with E-state index in [1.54, 1.807) is 33.0 Å². The molecule has 14 nitrogen and oxygen atoms in total. The Bertz CT molecular complexity index is 2510. The molecule has 4 amide bonds. The molecule has 5 atom stereocenters. The highest BCUT2D eigenvalue weighted by Gasteiger charge is 2.61. The van der Waals surface area contributed by atoms with Crippen LogP contribution in [0.1, 0.15) is 71.8 Å². The molecule has 2 unspecified atom stereocenters. The van der Waals surface area contributed by atoms with Gasteiger partial charge >= 0.3 is 6.09 Å². The van der Waals surface area contributed by atoms with Gasteiger partial charge in [0.1, 0.15) is 29.0 Å². The molecule has 1 saturated carbocycles. The monoisotopic (exact) mass is 852 g/mol. The number of sulfonamides is 1. The summed E-state index contributed by atoms with van der Waals surface area (Å²) in [6.45, 7) is 4.93. The van der Waals surface area contributed by atoms with Crippen molar-refractivity contribution >= 4 is 33.8 Å². The van der Waals surface area contributed by atoms with Crippen LogP contribution < -0.4 is 20.9 Å². The largest absolute Gasteiger partial charge is 0.444 e. The molecule has 1 aromatic heterocycles. The quantitative estimate of drug-likeness (QED) is 0.198. The Balaban J connectivity index is 1.27. The molecule has 1 saturated heterocycles. The second-order valence-corrected chi connectivity index (χ2v) is 18.4. The number of nitrogens with one attached hydrogen (secondary N) is 3. The number of amides is 4. The summed E-state index contributed by atoms with van der Waals surface area (Å²) in [6.07, 6.45) is 7.12. The van der Waals surface area contributed by atoms with E-state index in [2.05, 4.69) is 15.7 Å². The summed E-state index contributed by atoms with van der Waals surface area (Å²) in [4.78, 5) is 72.1. The first-order valence-electron chi connectivity index (χ1n) is 20.4. The fourth-order valence-electron chi connectivity index (χ4n) is 8.08. The molecule has 1 aliphatic carbocycles. The summed E-state index contributed by atoms with van der Waals surface area (Å²) < 4.78 is 49.5. The van der Waals surface area contributed by atoms with Gasteiger partial charge in [-0.3, -0.25) is 19.2 Å². The number of carbonyl (C=O) groups is 4. The molecule has 320 valence electrons. The van der Waals surface area contributed by atoms with Crippen molar-refractivity contribution in [1.82, 2.24) is 30.0 Å². The maximum atomic E-state index is 14.7. The van der Waals surface area contributed by atoms with Crippen molar-refractivity contribution in [2.75, 3.05) is 6.54 Å². The minimum absolute atomic E-state index is 0.0507. The van der Waals surface area contributed by atoms with Crippen molar-refractivity contribution < 1.29 is 36.7 Å². The molecule has 2 aliphatic heterocycles. The third-order valence-corrected chi connectivity index (χ3v) is 12.5. The van der Waals surface area contributed by atoms with Crippen LogP contribution in [0.25, 0.3) is 22.3 Å². The van der Waals surface area contributed by atoms with Gasteiger partial charge in [0.25, 0.3) is 21.5 Å². The van der Waals surface area contributed by atoms with Gasteiger partial charge in [-0.15, -0.1) is 0 Å². The summed E-state index contributed by atoms with van der Waals surface area (Å²) in [6, 6.07) is 19.4. The second-order valence-electron chi connectivity index (χ2n) is 16.7. The third kappa shape index (κ3) is 9.59. The number of hydrogen-bond acceptors (Lipinski definition) is 9. The Labute approximate surface area is 353 Å². The lowest BCUT2D eigenvalue weighted by atomic mass is 9.97. The Kier molecular flexibility index (Phi) is 12.3. The molecule has 0 spiro atoms. The average Bonchev–Trinajstić information content (AvgIpc) is 3.73. The molecule has 4 aromatic rings. The highest BCUT2D eigenvalue weighted by Crippen LogP contribution is 2.46. The Morgan fingerprint density at radius 3 is 2.33 bits per heavy atom. The summed E-state index contributed by atoms with van der Waals surface area (Å²) in [5.41, 5.74) is -0.698. The second kappa shape index (κ2) is 17.4. The van der Waals surface area contributed by atoms with Crippen LogP contribution in [0, 0.1) is 11.7 Å². The van der Waals surface area contributed by atoms with Crippen LogP contribution in [0.5, 0.6) is 0 Å². The van der Waals surface area contributed by atoms with Gasteiger partial charge in [-0.25, -0.2) is 27.0 Å². The van der Waals surface area contributed by atoms with Gasteiger partial charge in [-0.2, -0.15) is 5.10 Å². The Morgan fingerprint density at radius 1 is 0.934 bits per heavy atom. The van der Waals surface area contributed by atoms with E-state index in [-0.39, 0.29) is 25.8 Å². The number of aromatic nitrogens is 2. The predicted octanol–water partition coefficient (Wildman–Crippen LogP) is 5.65. The standard InChI is InChI=1S/C45H49FN6O8S/c1-44(2,3)60-43(57)48-36-23-14-6-4-5-13-20-31-26-45(31,42(56)50-61(58,59)34-22-15-21-32(46)24-34)49-39(53)37-25-33(28-51(37)40(36)54)52-41(55)38(30-18-11-8-12-19-30)35(27-47-52)29-16-9-7-10-17-29/h7-13,15-22,24,27,31,33,36-37H,4-6,14,23,25-26,28H2,1-3H3,(H,48,57)(H,49,53)(H,50,56)/b20-13-/t31-,33?,36+,37+,45?/m1/s1. The lowest BCUT2D eigenvalue weighted by Gasteiger charge is -2.30. The zero-order chi connectivity index (χ0) is 43.5. The molecule has 7 rings (SSSR count). The maximum absolute atomic E-state index is 14.7. The van der Waals surface area contributed by atoms with Crippen molar-refractivity contribution in [3.63, 3.8) is 0 Å². The topological polar surface area (TPSA) is 186 Å². The van der Waals surface area contributed by atoms with Gasteiger partial charge in [0, 0.05) is 24.4 Å². The summed E-state index contributed by atoms with van der Waals surface area (Å²) >= 11 is 0. The van der Waals surface area contributed by atoms with E-state index in [1.165, 1.54) is 15.6 Å². The number of rotatable bonds is 7. The lowest BCUT2D eigenvalue weighted by Crippen LogP contribution is -2.58. The summed E-state index contributed by atoms with van der Waals surface area (Å²) in [7, 11) is -4.56. The molecule has 3 N–H and O–H groups in total. The van der Waals surface area contributed by atoms with E-state index in [0.717, 1.165) is 23.8 Å². The molecular weight excluding hydrogens is 804 g/mol. The fraction of sp³-hybridized carbons (Fsp3) is 0.378. The van der Waals surface area contributed by atoms with E-state index < -0.39 is 85.3 Å². The van der Waals surface area contributed by atoms with Gasteiger partial charge in [0.2, 0.25) is 11.8 Å². The lowest BCUT2D eigenvalue weighted by molar-refractivity contribution is -0.141. The zero-order valence-electron chi connectivity index (χ0n) is 34.2. The van der Waals surface area contributed by atoms with E-state index in [9.17, 15) is 36.8 Å². The van der Waals surface area contributed by atoms with Crippen molar-refractivity contribution in [3.8, 4) is 22.3 Å². The van der Waals surface area contributed by atoms with Crippen LogP contribution in [0.2, 0.25) is 0 Å². The third-order valence-electron chi connectivity index (χ3n) is 11.2. The van der Waals surface area contributed by atoms with Crippen LogP contribution in [-0.4, -0.2) is 76.7 Å². The van der Waals surface area contributed by atoms with Crippen molar-refractivity contribution in [1.29, 1.82) is 0 Å². The number of allylic oxidation sites excluding steroid dienone is 1. The number of ether oxygens (including phenoxy) is 1. The average molecular weight is 853 g/mol. The molecular formula is C45H49FN6O8S. The first-order valence-corrected chi connectivity index (χ1v) is 21.9. The van der Waals surface area contributed by atoms with E-state index in [1.807, 2.05) is 71.5 Å². The minimum atomic E-state index is -4.56. The van der Waals surface area contributed by atoms with E-state index in [4.69, 9.17) is 4.74 Å². The van der Waals surface area contributed by atoms with Gasteiger partial charge < -0.3 is 20.3 Å². The molecule has 16 heteroatoms. The number of alkyl carbamates (subject to hydrolysis) is 1. The van der Waals surface area contributed by atoms with Gasteiger partial charge in [0.05, 0.1) is 22.7 Å². The number of benzene rings is 3. The van der Waals surface area contributed by atoms with Gasteiger partial charge in [0.15, 0.2) is 0 Å². The molecule has 0 bridgehead atoms. The number of fused-ring (bicyclic) bond motifs is 2. The first kappa shape index (κ1) is 42.9. The molecule has 3 aliphatic rings. The number of carbonyl (C=O) groups excluding carboxylic acids is 4. The van der Waals surface area contributed by atoms with Crippen molar-refractivity contribution in [3.05, 3.63) is 119 Å². The number of nitrogens with zero attached hydrogens (tertiary/aromatic N) is 3. The van der Waals surface area contributed by atoms with Crippen LogP contribution in [-0.2, 0) is 29.1 Å². The van der Waals surface area contributed by atoms with E-state index in [0.29, 0.717) is 42.4 Å². The smallest absolute Gasteiger partial charge is 0.408 e. The fourth-order valence-corrected chi connectivity index (χ4v) is 9.15. The van der Waals surface area contributed by atoms with Crippen LogP contribution in [0.15, 0.2) is 113 Å². The molecule has 2 fully saturated rings. The van der Waals surface area contributed by atoms with Crippen LogP contribution in [0.3, 0.4) is 0 Å². The van der Waals surface area contributed by atoms with Gasteiger partial charge in [-0.05, 0) is 75.8 Å². The van der Waals surface area contributed by atoms with Crippen LogP contribution in [0.4, 0.5) is 9.18 Å². The first-order chi connectivity index (χ1) is 29.1. The molecule has 3 aromatic carbocycles. The highest BCUT2D eigenvalue weighted by molar-refractivity contribution is 7.90. The SMILES string of the molecule is CC(C)(C)OC(=O)N[C@H]1CCCCC/C=C\[C@@H]2CC2(C(=O)NS(=O)(=O)c2cccc(F)c2)NC(=O)[C@@H]2CC(n3ncc(-c4ccccc4)c(-c4ccccc4)c3=O)CN2C1=O. The Hall–Kier alpha value is -6.16. The molecule has 3 heterocycles. The number of hydrogen-bond donors (Lipinski definition) is 3. The van der Waals surface area contributed by atoms with Gasteiger partial charge in [-0.1, -0.05) is 91.7 Å². The molecule has 61 heavy (non-hydrogen) atoms. The maximum Gasteiger partial charge on any atom is 0.408 e. The van der Waals surface area contributed by atoms with Crippen LogP contribution >= 0.6 is 0 Å². The summed E-state index contributed by atoms with van der Waals surface area (Å²) in [5.74, 6) is -3.81. The summed E-state index contributed by atoms with van der Waals surface area (Å²) in [5, 5.41) is 10.1. The normalized spacial score (nSPS) is 23.9. The highest BCUT2D eigenvalue weighted by atomic mass is 32.2. The van der Waals surface area contributed by atoms with Crippen molar-refractivity contribution in [2.24, 2.45) is 5.92 Å². The Morgan fingerprint density at radius 2 is 1.64 bits per heavy atom. The van der Waals surface area contributed by atoms with Crippen molar-refractivity contribution in [2.45, 2.75) is 99.9 Å². The molecule has 0 radical (unpaired) electrons.